The monoisotopic (exact) mass is 530 g/mol. The lowest BCUT2D eigenvalue weighted by Gasteiger charge is -2.20. The zero-order chi connectivity index (χ0) is 24.3. The molecule has 176 valence electrons. The molecule has 3 heterocycles. The van der Waals surface area contributed by atoms with E-state index in [2.05, 4.69) is 30.9 Å². The number of hydrogen-bond donors (Lipinski definition) is 4. The van der Waals surface area contributed by atoms with Crippen molar-refractivity contribution in [1.29, 1.82) is 0 Å². The van der Waals surface area contributed by atoms with Gasteiger partial charge in [-0.15, -0.1) is 0 Å². The number of para-hydroxylation sites is 1. The molecular formula is C26H23BrN6O2. The van der Waals surface area contributed by atoms with E-state index in [0.29, 0.717) is 23.7 Å². The summed E-state index contributed by atoms with van der Waals surface area (Å²) in [5, 5.41) is 24.7. The summed E-state index contributed by atoms with van der Waals surface area (Å²) in [5.74, 6) is 0.586. The summed E-state index contributed by atoms with van der Waals surface area (Å²) in [7, 11) is 0. The third-order valence-electron chi connectivity index (χ3n) is 6.90. The Morgan fingerprint density at radius 3 is 2.69 bits per heavy atom. The lowest BCUT2D eigenvalue weighted by molar-refractivity contribution is 0.0145. The van der Waals surface area contributed by atoms with E-state index >= 15 is 0 Å². The first-order valence-corrected chi connectivity index (χ1v) is 12.1. The molecule has 3 unspecified atom stereocenters. The number of aliphatic hydroxyl groups excluding tert-OH is 2. The number of fused-ring (bicyclic) bond motifs is 4. The molecule has 0 saturated heterocycles. The Labute approximate surface area is 209 Å². The van der Waals surface area contributed by atoms with Crippen LogP contribution in [-0.2, 0) is 0 Å². The summed E-state index contributed by atoms with van der Waals surface area (Å²) in [4.78, 5) is 13.1. The number of pyridine rings is 1. The highest BCUT2D eigenvalue weighted by molar-refractivity contribution is 9.10. The van der Waals surface area contributed by atoms with Gasteiger partial charge in [-0.1, -0.05) is 42.5 Å². The third kappa shape index (κ3) is 3.54. The molecule has 6 N–H and O–H groups in total. The van der Waals surface area contributed by atoms with E-state index in [1.54, 1.807) is 0 Å². The van der Waals surface area contributed by atoms with Gasteiger partial charge in [-0.25, -0.2) is 15.0 Å². The molecule has 9 heteroatoms. The van der Waals surface area contributed by atoms with Crippen LogP contribution in [0.15, 0.2) is 65.4 Å². The minimum atomic E-state index is -0.963. The van der Waals surface area contributed by atoms with Crippen LogP contribution in [0.5, 0.6) is 0 Å². The maximum absolute atomic E-state index is 11.1. The highest BCUT2D eigenvalue weighted by Crippen LogP contribution is 2.42. The van der Waals surface area contributed by atoms with Gasteiger partial charge in [0.15, 0.2) is 0 Å². The molecule has 5 aromatic rings. The molecule has 0 radical (unpaired) electrons. The zero-order valence-electron chi connectivity index (χ0n) is 18.6. The molecule has 1 aliphatic carbocycles. The highest BCUT2D eigenvalue weighted by atomic mass is 79.9. The zero-order valence-corrected chi connectivity index (χ0v) is 20.2. The fourth-order valence-electron chi connectivity index (χ4n) is 5.18. The Morgan fingerprint density at radius 2 is 1.83 bits per heavy atom. The van der Waals surface area contributed by atoms with E-state index in [-0.39, 0.29) is 12.0 Å². The quantitative estimate of drug-likeness (QED) is 0.276. The molecule has 0 bridgehead atoms. The number of nitrogens with two attached hydrogens (primary N) is 2. The van der Waals surface area contributed by atoms with Crippen LogP contribution in [0.2, 0.25) is 0 Å². The van der Waals surface area contributed by atoms with Gasteiger partial charge in [0.05, 0.1) is 33.0 Å². The molecule has 8 nitrogen and oxygen atoms in total. The first-order chi connectivity index (χ1) is 16.9. The van der Waals surface area contributed by atoms with Crippen molar-refractivity contribution in [3.05, 3.63) is 71.0 Å². The predicted octanol–water partition coefficient (Wildman–Crippen LogP) is 4.06. The largest absolute Gasteiger partial charge is 0.390 e. The number of nitrogens with zero attached hydrogens (tertiary/aromatic N) is 4. The summed E-state index contributed by atoms with van der Waals surface area (Å²) in [6, 6.07) is 15.3. The van der Waals surface area contributed by atoms with Crippen LogP contribution in [0.4, 0.5) is 11.6 Å². The number of hydrogen-bond acceptors (Lipinski definition) is 7. The fourth-order valence-corrected chi connectivity index (χ4v) is 5.51. The smallest absolute Gasteiger partial charge is 0.146 e. The number of halogens is 1. The maximum Gasteiger partial charge on any atom is 0.146 e. The number of aromatic nitrogens is 4. The van der Waals surface area contributed by atoms with E-state index in [9.17, 15) is 10.2 Å². The second kappa shape index (κ2) is 8.30. The van der Waals surface area contributed by atoms with Crippen molar-refractivity contribution in [3.63, 3.8) is 0 Å². The van der Waals surface area contributed by atoms with Gasteiger partial charge >= 0.3 is 0 Å². The van der Waals surface area contributed by atoms with Crippen molar-refractivity contribution in [1.82, 2.24) is 19.5 Å². The normalized spacial score (nSPS) is 22.7. The number of nitrogen functional groups attached to an aromatic ring is 2. The standard InChI is InChI=1S/C26H23BrN6O2/c27-17-10-14-7-5-13(9-18(14)32-24(17)28)6-8-15-11-20(23(35)22(15)34)33-19-4-2-1-3-16(19)21-25(29)30-12-31-26(21)33/h1-10,12,15,20,22-23,34-35H,11H2,(H2,28,32)(H2,29,30,31)/b8-6+/t15?,20?,22?,23-/m1/s1. The maximum atomic E-state index is 11.1. The second-order valence-electron chi connectivity index (χ2n) is 8.96. The van der Waals surface area contributed by atoms with Gasteiger partial charge in [0, 0.05) is 16.7 Å². The molecule has 35 heavy (non-hydrogen) atoms. The van der Waals surface area contributed by atoms with E-state index in [0.717, 1.165) is 37.2 Å². The molecule has 2 aromatic carbocycles. The number of rotatable bonds is 3. The molecular weight excluding hydrogens is 508 g/mol. The fraction of sp³-hybridized carbons (Fsp3) is 0.192. The number of aliphatic hydroxyl groups is 2. The molecule has 0 spiro atoms. The summed E-state index contributed by atoms with van der Waals surface area (Å²) in [5.41, 5.74) is 15.4. The van der Waals surface area contributed by atoms with Crippen LogP contribution in [0, 0.1) is 5.92 Å². The van der Waals surface area contributed by atoms with Crippen LogP contribution < -0.4 is 11.5 Å². The van der Waals surface area contributed by atoms with Gasteiger partial charge < -0.3 is 26.2 Å². The molecule has 3 aromatic heterocycles. The van der Waals surface area contributed by atoms with E-state index in [1.165, 1.54) is 6.33 Å². The van der Waals surface area contributed by atoms with Crippen LogP contribution in [0.3, 0.4) is 0 Å². The van der Waals surface area contributed by atoms with Crippen molar-refractivity contribution >= 4 is 66.5 Å². The van der Waals surface area contributed by atoms with Gasteiger partial charge in [0.25, 0.3) is 0 Å². The van der Waals surface area contributed by atoms with Crippen molar-refractivity contribution in [2.45, 2.75) is 24.7 Å². The summed E-state index contributed by atoms with van der Waals surface area (Å²) in [6.07, 6.45) is 4.00. The Balaban J connectivity index is 1.36. The van der Waals surface area contributed by atoms with Crippen molar-refractivity contribution in [2.24, 2.45) is 5.92 Å². The van der Waals surface area contributed by atoms with E-state index in [1.807, 2.05) is 65.3 Å². The molecule has 1 saturated carbocycles. The van der Waals surface area contributed by atoms with Crippen molar-refractivity contribution < 1.29 is 10.2 Å². The summed E-state index contributed by atoms with van der Waals surface area (Å²) in [6.45, 7) is 0. The van der Waals surface area contributed by atoms with Crippen molar-refractivity contribution in [2.75, 3.05) is 11.5 Å². The van der Waals surface area contributed by atoms with Gasteiger partial charge in [-0.05, 0) is 46.1 Å². The van der Waals surface area contributed by atoms with Gasteiger partial charge in [-0.2, -0.15) is 0 Å². The van der Waals surface area contributed by atoms with Gasteiger partial charge in [0.1, 0.15) is 29.7 Å². The SMILES string of the molecule is Nc1nc2cc(/C=C/C3CC(n4c5ccccc5c5c(N)ncnc54)[C@@H](O)C3O)ccc2cc1Br. The minimum Gasteiger partial charge on any atom is -0.390 e. The Morgan fingerprint density at radius 1 is 1.00 bits per heavy atom. The van der Waals surface area contributed by atoms with Gasteiger partial charge in [0.2, 0.25) is 0 Å². The summed E-state index contributed by atoms with van der Waals surface area (Å²) >= 11 is 3.41. The van der Waals surface area contributed by atoms with Crippen LogP contribution in [0.1, 0.15) is 18.0 Å². The minimum absolute atomic E-state index is 0.246. The molecule has 4 atom stereocenters. The predicted molar refractivity (Wildman–Crippen MR) is 141 cm³/mol. The average molecular weight is 531 g/mol. The third-order valence-corrected chi connectivity index (χ3v) is 7.54. The van der Waals surface area contributed by atoms with Crippen LogP contribution in [-0.4, -0.2) is 41.9 Å². The molecule has 0 amide bonds. The second-order valence-corrected chi connectivity index (χ2v) is 9.81. The first-order valence-electron chi connectivity index (χ1n) is 11.3. The lowest BCUT2D eigenvalue weighted by atomic mass is 10.0. The number of anilines is 2. The molecule has 0 aliphatic heterocycles. The lowest BCUT2D eigenvalue weighted by Crippen LogP contribution is -2.29. The first kappa shape index (κ1) is 22.0. The van der Waals surface area contributed by atoms with Gasteiger partial charge in [-0.3, -0.25) is 0 Å². The molecule has 6 rings (SSSR count). The molecule has 1 fully saturated rings. The topological polar surface area (TPSA) is 136 Å². The highest BCUT2D eigenvalue weighted by Gasteiger charge is 2.42. The van der Waals surface area contributed by atoms with Crippen LogP contribution >= 0.6 is 15.9 Å². The molecule has 1 aliphatic rings. The summed E-state index contributed by atoms with van der Waals surface area (Å²) < 4.78 is 2.75. The van der Waals surface area contributed by atoms with E-state index in [4.69, 9.17) is 11.5 Å². The van der Waals surface area contributed by atoms with E-state index < -0.39 is 12.2 Å². The van der Waals surface area contributed by atoms with Crippen LogP contribution in [0.25, 0.3) is 38.9 Å². The Hall–Kier alpha value is -3.53. The average Bonchev–Trinajstić information content (AvgIpc) is 3.33. The Kier molecular flexibility index (Phi) is 5.21. The Bertz CT molecular complexity index is 1630. The number of benzene rings is 2. The van der Waals surface area contributed by atoms with Crippen molar-refractivity contribution in [3.8, 4) is 0 Å².